The molecule has 1 amide bonds. The Kier molecular flexibility index (Phi) is 47.5. The molecule has 3 atom stereocenters. The lowest BCUT2D eigenvalue weighted by Gasteiger charge is -2.25. The van der Waals surface area contributed by atoms with Gasteiger partial charge in [-0.1, -0.05) is 227 Å². The van der Waals surface area contributed by atoms with Gasteiger partial charge in [-0.25, -0.2) is 4.57 Å². The van der Waals surface area contributed by atoms with Crippen molar-refractivity contribution >= 4 is 13.7 Å². The topological polar surface area (TPSA) is 105 Å². The third-order valence-electron chi connectivity index (χ3n) is 11.8. The zero-order valence-corrected chi connectivity index (χ0v) is 45.5. The van der Waals surface area contributed by atoms with Crippen LogP contribution in [-0.4, -0.2) is 73.4 Å². The lowest BCUT2D eigenvalue weighted by Crippen LogP contribution is -2.45. The molecule has 392 valence electrons. The lowest BCUT2D eigenvalue weighted by atomic mass is 10.0. The normalized spacial score (nSPS) is 14.8. The number of amides is 1. The highest BCUT2D eigenvalue weighted by Crippen LogP contribution is 2.43. The fraction of sp³-hybridized carbons (Fsp3) is 0.712. The molecule has 0 saturated carbocycles. The van der Waals surface area contributed by atoms with Gasteiger partial charge in [-0.05, 0) is 83.5 Å². The second-order valence-electron chi connectivity index (χ2n) is 19.6. The molecule has 68 heavy (non-hydrogen) atoms. The molecule has 0 aromatic carbocycles. The Morgan fingerprint density at radius 3 is 1.35 bits per heavy atom. The van der Waals surface area contributed by atoms with Crippen molar-refractivity contribution in [3.8, 4) is 0 Å². The molecule has 0 heterocycles. The van der Waals surface area contributed by atoms with Crippen molar-refractivity contribution in [2.75, 3.05) is 40.9 Å². The Morgan fingerprint density at radius 1 is 0.515 bits per heavy atom. The minimum Gasteiger partial charge on any atom is -0.387 e. The van der Waals surface area contributed by atoms with E-state index in [1.807, 2.05) is 27.2 Å². The number of nitrogens with zero attached hydrogens (tertiary/aromatic N) is 1. The Morgan fingerprint density at radius 2 is 0.897 bits per heavy atom. The number of phosphoric ester groups is 1. The summed E-state index contributed by atoms with van der Waals surface area (Å²) in [6.07, 6.45) is 70.8. The van der Waals surface area contributed by atoms with Gasteiger partial charge < -0.3 is 19.8 Å². The van der Waals surface area contributed by atoms with Crippen LogP contribution in [0.4, 0.5) is 0 Å². The van der Waals surface area contributed by atoms with E-state index in [2.05, 4.69) is 104 Å². The quantitative estimate of drug-likeness (QED) is 0.0243. The number of hydrogen-bond acceptors (Lipinski definition) is 5. The van der Waals surface area contributed by atoms with Crippen LogP contribution in [0, 0.1) is 0 Å². The first-order valence-electron chi connectivity index (χ1n) is 27.6. The number of allylic oxidation sites excluding steroid dienone is 15. The number of nitrogens with one attached hydrogen (secondary N) is 1. The molecule has 0 spiro atoms. The van der Waals surface area contributed by atoms with Crippen LogP contribution in [0.25, 0.3) is 0 Å². The summed E-state index contributed by atoms with van der Waals surface area (Å²) in [4.78, 5) is 23.2. The van der Waals surface area contributed by atoms with Crippen LogP contribution in [0.3, 0.4) is 0 Å². The van der Waals surface area contributed by atoms with E-state index in [1.165, 1.54) is 122 Å². The summed E-state index contributed by atoms with van der Waals surface area (Å²) in [6.45, 7) is 4.66. The molecule has 0 fully saturated rings. The Labute approximate surface area is 419 Å². The van der Waals surface area contributed by atoms with E-state index >= 15 is 0 Å². The maximum Gasteiger partial charge on any atom is 0.472 e. The van der Waals surface area contributed by atoms with Crippen LogP contribution in [0.5, 0.6) is 0 Å². The predicted molar refractivity (Wildman–Crippen MR) is 295 cm³/mol. The molecular formula is C59H106N2O6P+. The van der Waals surface area contributed by atoms with Crippen LogP contribution in [-0.2, 0) is 18.4 Å². The fourth-order valence-electron chi connectivity index (χ4n) is 7.47. The number of unbranched alkanes of at least 4 members (excludes halogenated alkanes) is 22. The van der Waals surface area contributed by atoms with Crippen molar-refractivity contribution in [1.82, 2.24) is 5.32 Å². The molecule has 0 aliphatic heterocycles. The van der Waals surface area contributed by atoms with Gasteiger partial charge in [-0.15, -0.1) is 0 Å². The first kappa shape index (κ1) is 65.4. The number of aliphatic hydroxyl groups excluding tert-OH is 1. The van der Waals surface area contributed by atoms with E-state index in [1.54, 1.807) is 6.08 Å². The van der Waals surface area contributed by atoms with Crippen LogP contribution >= 0.6 is 7.82 Å². The van der Waals surface area contributed by atoms with Gasteiger partial charge in [0.05, 0.1) is 39.9 Å². The SMILES string of the molecule is CC/C=C\C/C=C\C/C=C\C/C=C\C/C=C\C/C=C\CCCCCCCCCCCCCCCCC(=O)NC(COP(=O)(O)OCC[N+](C)(C)C)C(O)/C=C/CC/C=C/CCCCCCCCC. The standard InChI is InChI=1S/C59H105N2O6P/c1-6-8-10-12-14-16-18-20-21-22-23-24-25-26-27-28-29-30-31-32-33-34-35-36-37-38-39-41-43-45-47-49-51-53-59(63)60-57(56-67-68(64,65)66-55-54-61(3,4)5)58(62)52-50-48-46-44-42-40-19-17-15-13-11-9-7-2/h8,10,14,16,20-21,23-24,26-27,29-30,42,44,50,52,57-58,62H,6-7,9,11-13,15,17-19,22,25,28,31-41,43,45-49,51,53-56H2,1-5H3,(H-,60,63,64,65)/p+1/b10-8-,16-14-,21-20-,24-23-,27-26-,30-29-,44-42+,52-50+. The number of rotatable bonds is 49. The number of likely N-dealkylation sites (N-methyl/N-ethyl adjacent to an activating group) is 1. The second-order valence-corrected chi connectivity index (χ2v) is 21.0. The van der Waals surface area contributed by atoms with Crippen molar-refractivity contribution in [1.29, 1.82) is 0 Å². The molecule has 3 N–H and O–H groups in total. The summed E-state index contributed by atoms with van der Waals surface area (Å²) in [5, 5.41) is 13.8. The molecule has 0 saturated heterocycles. The number of hydrogen-bond donors (Lipinski definition) is 3. The lowest BCUT2D eigenvalue weighted by molar-refractivity contribution is -0.870. The maximum absolute atomic E-state index is 12.9. The number of carbonyl (C=O) groups is 1. The van der Waals surface area contributed by atoms with E-state index in [-0.39, 0.29) is 19.1 Å². The average Bonchev–Trinajstić information content (AvgIpc) is 3.30. The van der Waals surface area contributed by atoms with E-state index < -0.39 is 20.0 Å². The van der Waals surface area contributed by atoms with Gasteiger partial charge in [0, 0.05) is 6.42 Å². The molecule has 0 aromatic heterocycles. The molecule has 0 bridgehead atoms. The largest absolute Gasteiger partial charge is 0.472 e. The minimum absolute atomic E-state index is 0.0526. The third-order valence-corrected chi connectivity index (χ3v) is 12.8. The van der Waals surface area contributed by atoms with Crippen molar-refractivity contribution in [3.05, 3.63) is 97.2 Å². The predicted octanol–water partition coefficient (Wildman–Crippen LogP) is 16.6. The van der Waals surface area contributed by atoms with Crippen molar-refractivity contribution < 1.29 is 32.9 Å². The summed E-state index contributed by atoms with van der Waals surface area (Å²) >= 11 is 0. The zero-order chi connectivity index (χ0) is 49.9. The maximum atomic E-state index is 12.9. The molecule has 0 aromatic rings. The van der Waals surface area contributed by atoms with Crippen LogP contribution in [0.15, 0.2) is 97.2 Å². The summed E-state index contributed by atoms with van der Waals surface area (Å²) in [5.41, 5.74) is 0. The van der Waals surface area contributed by atoms with Gasteiger partial charge in [0.1, 0.15) is 13.2 Å². The number of aliphatic hydroxyl groups is 1. The van der Waals surface area contributed by atoms with Gasteiger partial charge in [-0.2, -0.15) is 0 Å². The Hall–Kier alpha value is -2.58. The third kappa shape index (κ3) is 51.3. The van der Waals surface area contributed by atoms with E-state index in [9.17, 15) is 19.4 Å². The zero-order valence-electron chi connectivity index (χ0n) is 44.6. The first-order valence-corrected chi connectivity index (χ1v) is 29.1. The molecule has 0 aliphatic carbocycles. The molecule has 0 rings (SSSR count). The molecule has 0 radical (unpaired) electrons. The van der Waals surface area contributed by atoms with Gasteiger partial charge in [0.2, 0.25) is 5.91 Å². The van der Waals surface area contributed by atoms with Crippen molar-refractivity contribution in [3.63, 3.8) is 0 Å². The summed E-state index contributed by atoms with van der Waals surface area (Å²) < 4.78 is 23.6. The molecule has 3 unspecified atom stereocenters. The highest BCUT2D eigenvalue weighted by atomic mass is 31.2. The first-order chi connectivity index (χ1) is 33.0. The fourth-order valence-corrected chi connectivity index (χ4v) is 8.21. The number of phosphoric acid groups is 1. The highest BCUT2D eigenvalue weighted by Gasteiger charge is 2.27. The summed E-state index contributed by atoms with van der Waals surface area (Å²) in [5.74, 6) is -0.192. The smallest absolute Gasteiger partial charge is 0.387 e. The minimum atomic E-state index is -4.35. The van der Waals surface area contributed by atoms with Gasteiger partial charge in [0.15, 0.2) is 0 Å². The van der Waals surface area contributed by atoms with Crippen LogP contribution in [0.2, 0.25) is 0 Å². The molecular weight excluding hydrogens is 864 g/mol. The number of carbonyl (C=O) groups excluding carboxylic acids is 1. The number of quaternary nitrogens is 1. The van der Waals surface area contributed by atoms with Crippen LogP contribution < -0.4 is 5.32 Å². The van der Waals surface area contributed by atoms with E-state index in [0.717, 1.165) is 77.0 Å². The van der Waals surface area contributed by atoms with E-state index in [4.69, 9.17) is 9.05 Å². The van der Waals surface area contributed by atoms with Crippen molar-refractivity contribution in [2.24, 2.45) is 0 Å². The Bertz CT molecular complexity index is 1420. The second kappa shape index (κ2) is 49.4. The van der Waals surface area contributed by atoms with Gasteiger partial charge in [-0.3, -0.25) is 13.8 Å². The molecule has 0 aliphatic rings. The van der Waals surface area contributed by atoms with Crippen molar-refractivity contribution in [2.45, 2.75) is 231 Å². The monoisotopic (exact) mass is 970 g/mol. The molecule has 9 heteroatoms. The molecule has 8 nitrogen and oxygen atoms in total. The summed E-state index contributed by atoms with van der Waals surface area (Å²) in [6, 6.07) is -0.867. The highest BCUT2D eigenvalue weighted by molar-refractivity contribution is 7.47. The Balaban J connectivity index is 4.12. The average molecular weight is 970 g/mol. The van der Waals surface area contributed by atoms with Gasteiger partial charge >= 0.3 is 7.82 Å². The van der Waals surface area contributed by atoms with E-state index in [0.29, 0.717) is 17.4 Å². The summed E-state index contributed by atoms with van der Waals surface area (Å²) in [7, 11) is 1.54. The van der Waals surface area contributed by atoms with Gasteiger partial charge in [0.25, 0.3) is 0 Å². The van der Waals surface area contributed by atoms with Crippen LogP contribution in [0.1, 0.15) is 219 Å².